The van der Waals surface area contributed by atoms with Crippen LogP contribution in [-0.4, -0.2) is 43.2 Å². The number of nitrogens with zero attached hydrogens (tertiary/aromatic N) is 1. The zero-order valence-electron chi connectivity index (χ0n) is 14.3. The molecule has 0 aromatic heterocycles. The minimum atomic E-state index is 0.328. The Bertz CT molecular complexity index is 615. The first-order chi connectivity index (χ1) is 11.7. The Morgan fingerprint density at radius 2 is 2.08 bits per heavy atom. The minimum Gasteiger partial charge on any atom is -0.486 e. The molecule has 2 fully saturated rings. The van der Waals surface area contributed by atoms with Crippen molar-refractivity contribution in [1.29, 1.82) is 0 Å². The quantitative estimate of drug-likeness (QED) is 0.919. The van der Waals surface area contributed by atoms with E-state index in [1.807, 2.05) is 12.1 Å². The number of carbonyl (C=O) groups excluding carboxylic acids is 1. The van der Waals surface area contributed by atoms with E-state index in [0.29, 0.717) is 37.0 Å². The van der Waals surface area contributed by atoms with E-state index in [4.69, 9.17) is 9.47 Å². The number of carbonyl (C=O) groups is 1. The molecule has 2 aliphatic heterocycles. The van der Waals surface area contributed by atoms with Crippen LogP contribution in [0.15, 0.2) is 18.2 Å². The van der Waals surface area contributed by atoms with Crippen LogP contribution in [0.25, 0.3) is 0 Å². The summed E-state index contributed by atoms with van der Waals surface area (Å²) in [5.41, 5.74) is 1.15. The minimum absolute atomic E-state index is 0.328. The van der Waals surface area contributed by atoms with Crippen LogP contribution in [0.2, 0.25) is 0 Å². The van der Waals surface area contributed by atoms with Gasteiger partial charge >= 0.3 is 0 Å². The summed E-state index contributed by atoms with van der Waals surface area (Å²) in [6.07, 6.45) is 3.20. The zero-order chi connectivity index (χ0) is 16.5. The number of hydrogen-bond acceptors (Lipinski definition) is 4. The smallest absolute Gasteiger partial charge is 0.225 e. The number of likely N-dealkylation sites (tertiary alicyclic amines) is 1. The highest BCUT2D eigenvalue weighted by atomic mass is 16.6. The van der Waals surface area contributed by atoms with E-state index in [0.717, 1.165) is 56.0 Å². The first-order valence-electron chi connectivity index (χ1n) is 9.12. The number of fused-ring (bicyclic) bond motifs is 1. The molecule has 1 aromatic carbocycles. The van der Waals surface area contributed by atoms with Crippen LogP contribution >= 0.6 is 0 Å². The Balaban J connectivity index is 1.34. The predicted molar refractivity (Wildman–Crippen MR) is 91.1 cm³/mol. The third-order valence-corrected chi connectivity index (χ3v) is 5.35. The molecule has 0 radical (unpaired) electrons. The van der Waals surface area contributed by atoms with Gasteiger partial charge in [-0.15, -0.1) is 0 Å². The van der Waals surface area contributed by atoms with Gasteiger partial charge < -0.3 is 19.7 Å². The lowest BCUT2D eigenvalue weighted by molar-refractivity contribution is -0.134. The van der Waals surface area contributed by atoms with Gasteiger partial charge in [-0.1, -0.05) is 19.1 Å². The van der Waals surface area contributed by atoms with E-state index in [1.54, 1.807) is 0 Å². The number of hydrogen-bond donors (Lipinski definition) is 1. The number of rotatable bonds is 4. The molecule has 0 unspecified atom stereocenters. The fourth-order valence-corrected chi connectivity index (χ4v) is 3.75. The number of para-hydroxylation sites is 1. The second-order valence-corrected chi connectivity index (χ2v) is 7.25. The van der Waals surface area contributed by atoms with Crippen molar-refractivity contribution in [1.82, 2.24) is 10.2 Å². The molecule has 3 aliphatic rings. The largest absolute Gasteiger partial charge is 0.486 e. The summed E-state index contributed by atoms with van der Waals surface area (Å²) in [5.74, 6) is 2.90. The van der Waals surface area contributed by atoms with Crippen molar-refractivity contribution in [3.8, 4) is 11.5 Å². The summed E-state index contributed by atoms with van der Waals surface area (Å²) in [5, 5.41) is 3.67. The maximum absolute atomic E-state index is 12.2. The first kappa shape index (κ1) is 15.8. The molecule has 0 bridgehead atoms. The van der Waals surface area contributed by atoms with Gasteiger partial charge in [-0.05, 0) is 31.2 Å². The topological polar surface area (TPSA) is 50.8 Å². The SMILES string of the molecule is C[C@@H]1CN(C(=O)C2CC2)CC[C@H]1NCc1cccc2c1OCCO2. The van der Waals surface area contributed by atoms with Crippen LogP contribution in [0.3, 0.4) is 0 Å². The third-order valence-electron chi connectivity index (χ3n) is 5.35. The van der Waals surface area contributed by atoms with Crippen molar-refractivity contribution in [2.24, 2.45) is 11.8 Å². The lowest BCUT2D eigenvalue weighted by atomic mass is 9.93. The van der Waals surface area contributed by atoms with Gasteiger partial charge in [-0.2, -0.15) is 0 Å². The van der Waals surface area contributed by atoms with Gasteiger partial charge in [0.05, 0.1) is 0 Å². The summed E-state index contributed by atoms with van der Waals surface area (Å²) >= 11 is 0. The summed E-state index contributed by atoms with van der Waals surface area (Å²) < 4.78 is 11.4. The highest BCUT2D eigenvalue weighted by Gasteiger charge is 2.36. The van der Waals surface area contributed by atoms with Crippen molar-refractivity contribution in [2.75, 3.05) is 26.3 Å². The molecular formula is C19H26N2O3. The van der Waals surface area contributed by atoms with E-state index in [-0.39, 0.29) is 0 Å². The average molecular weight is 330 g/mol. The van der Waals surface area contributed by atoms with Crippen LogP contribution < -0.4 is 14.8 Å². The van der Waals surface area contributed by atoms with Crippen molar-refractivity contribution < 1.29 is 14.3 Å². The predicted octanol–water partition coefficient (Wildman–Crippen LogP) is 2.19. The summed E-state index contributed by atoms with van der Waals surface area (Å²) in [6, 6.07) is 6.51. The van der Waals surface area contributed by atoms with E-state index >= 15 is 0 Å². The van der Waals surface area contributed by atoms with E-state index in [9.17, 15) is 4.79 Å². The first-order valence-corrected chi connectivity index (χ1v) is 9.12. The normalized spacial score (nSPS) is 26.3. The van der Waals surface area contributed by atoms with Crippen LogP contribution in [0, 0.1) is 11.8 Å². The van der Waals surface area contributed by atoms with Crippen molar-refractivity contribution >= 4 is 5.91 Å². The van der Waals surface area contributed by atoms with Crippen molar-refractivity contribution in [3.63, 3.8) is 0 Å². The number of piperidine rings is 1. The maximum atomic E-state index is 12.2. The fourth-order valence-electron chi connectivity index (χ4n) is 3.75. The molecular weight excluding hydrogens is 304 g/mol. The fraction of sp³-hybridized carbons (Fsp3) is 0.632. The monoisotopic (exact) mass is 330 g/mol. The molecule has 130 valence electrons. The van der Waals surface area contributed by atoms with E-state index in [2.05, 4.69) is 23.2 Å². The Kier molecular flexibility index (Phi) is 4.35. The Hall–Kier alpha value is -1.75. The highest BCUT2D eigenvalue weighted by Crippen LogP contribution is 2.34. The molecule has 0 spiro atoms. The molecule has 1 saturated carbocycles. The Labute approximate surface area is 143 Å². The second kappa shape index (κ2) is 6.63. The number of benzene rings is 1. The molecule has 1 aliphatic carbocycles. The standard InChI is InChI=1S/C19H26N2O3/c1-13-12-21(19(22)14-5-6-14)8-7-16(13)20-11-15-3-2-4-17-18(15)24-10-9-23-17/h2-4,13-14,16,20H,5-12H2,1H3/t13-,16-/m1/s1. The van der Waals surface area contributed by atoms with E-state index < -0.39 is 0 Å². The van der Waals surface area contributed by atoms with Gasteiger partial charge in [0.1, 0.15) is 13.2 Å². The van der Waals surface area contributed by atoms with Crippen LogP contribution in [0.5, 0.6) is 11.5 Å². The maximum Gasteiger partial charge on any atom is 0.225 e. The van der Waals surface area contributed by atoms with Crippen molar-refractivity contribution in [2.45, 2.75) is 38.8 Å². The van der Waals surface area contributed by atoms with Gasteiger partial charge in [0.15, 0.2) is 11.5 Å². The molecule has 1 saturated heterocycles. The molecule has 2 atom stereocenters. The molecule has 1 aromatic rings. The van der Waals surface area contributed by atoms with E-state index in [1.165, 1.54) is 0 Å². The summed E-state index contributed by atoms with van der Waals surface area (Å²) in [6.45, 7) is 6.00. The average Bonchev–Trinajstić information content (AvgIpc) is 3.45. The van der Waals surface area contributed by atoms with Gasteiger partial charge in [-0.25, -0.2) is 0 Å². The zero-order valence-corrected chi connectivity index (χ0v) is 14.3. The van der Waals surface area contributed by atoms with Crippen LogP contribution in [0.1, 0.15) is 31.7 Å². The van der Waals surface area contributed by atoms with Crippen molar-refractivity contribution in [3.05, 3.63) is 23.8 Å². The number of amides is 1. The van der Waals surface area contributed by atoms with Crippen LogP contribution in [0.4, 0.5) is 0 Å². The molecule has 4 rings (SSSR count). The van der Waals surface area contributed by atoms with Gasteiger partial charge in [-0.3, -0.25) is 4.79 Å². The highest BCUT2D eigenvalue weighted by molar-refractivity contribution is 5.81. The molecule has 2 heterocycles. The number of nitrogens with one attached hydrogen (secondary N) is 1. The molecule has 5 heteroatoms. The number of ether oxygens (including phenoxy) is 2. The Morgan fingerprint density at radius 1 is 1.25 bits per heavy atom. The summed E-state index contributed by atoms with van der Waals surface area (Å²) in [7, 11) is 0. The molecule has 24 heavy (non-hydrogen) atoms. The molecule has 1 N–H and O–H groups in total. The third kappa shape index (κ3) is 3.22. The summed E-state index contributed by atoms with van der Waals surface area (Å²) in [4.78, 5) is 14.3. The van der Waals surface area contributed by atoms with Crippen LogP contribution in [-0.2, 0) is 11.3 Å². The Morgan fingerprint density at radius 3 is 2.88 bits per heavy atom. The second-order valence-electron chi connectivity index (χ2n) is 7.25. The van der Waals surface area contributed by atoms with Gasteiger partial charge in [0, 0.05) is 37.2 Å². The molecule has 5 nitrogen and oxygen atoms in total. The molecule has 1 amide bonds. The lowest BCUT2D eigenvalue weighted by Gasteiger charge is -2.37. The van der Waals surface area contributed by atoms with Gasteiger partial charge in [0.2, 0.25) is 5.91 Å². The van der Waals surface area contributed by atoms with Gasteiger partial charge in [0.25, 0.3) is 0 Å². The lowest BCUT2D eigenvalue weighted by Crippen LogP contribution is -2.50.